The highest BCUT2D eigenvalue weighted by Crippen LogP contribution is 2.16. The molecule has 4 nitrogen and oxygen atoms in total. The second-order valence-electron chi connectivity index (χ2n) is 4.17. The van der Waals surface area contributed by atoms with Crippen LogP contribution in [0, 0.1) is 5.82 Å². The van der Waals surface area contributed by atoms with Crippen LogP contribution in [0.4, 0.5) is 4.39 Å². The van der Waals surface area contributed by atoms with Crippen LogP contribution in [-0.4, -0.2) is 24.5 Å². The second-order valence-corrected chi connectivity index (χ2v) is 4.58. The highest BCUT2D eigenvalue weighted by Gasteiger charge is 2.12. The number of esters is 1. The van der Waals surface area contributed by atoms with E-state index in [4.69, 9.17) is 16.3 Å². The molecular formula is C13H15ClFNO3. The van der Waals surface area contributed by atoms with Crippen LogP contribution in [0.5, 0.6) is 0 Å². The van der Waals surface area contributed by atoms with Crippen molar-refractivity contribution < 1.29 is 18.7 Å². The molecule has 0 aliphatic rings. The second kappa shape index (κ2) is 7.09. The first-order chi connectivity index (χ1) is 8.90. The third-order valence-corrected chi connectivity index (χ3v) is 2.47. The van der Waals surface area contributed by atoms with E-state index in [9.17, 15) is 14.0 Å². The summed E-state index contributed by atoms with van der Waals surface area (Å²) in [6.07, 6.45) is -0.113. The summed E-state index contributed by atoms with van der Waals surface area (Å²) in [5.41, 5.74) is 0.167. The van der Waals surface area contributed by atoms with E-state index in [-0.39, 0.29) is 35.6 Å². The third kappa shape index (κ3) is 5.26. The van der Waals surface area contributed by atoms with E-state index in [1.165, 1.54) is 6.07 Å². The fourth-order valence-electron chi connectivity index (χ4n) is 1.37. The summed E-state index contributed by atoms with van der Waals surface area (Å²) in [5.74, 6) is -1.36. The molecule has 0 saturated carbocycles. The van der Waals surface area contributed by atoms with Crippen molar-refractivity contribution >= 4 is 23.5 Å². The molecule has 0 radical (unpaired) electrons. The minimum absolute atomic E-state index is 0.0299. The topological polar surface area (TPSA) is 55.4 Å². The SMILES string of the molecule is CC(C)OC(=O)CCNC(=O)c1ccc(F)cc1Cl. The van der Waals surface area contributed by atoms with Gasteiger partial charge in [0, 0.05) is 6.54 Å². The molecule has 0 aliphatic carbocycles. The number of amides is 1. The molecule has 0 saturated heterocycles. The van der Waals surface area contributed by atoms with Gasteiger partial charge >= 0.3 is 5.97 Å². The van der Waals surface area contributed by atoms with Crippen LogP contribution >= 0.6 is 11.6 Å². The Hall–Kier alpha value is -1.62. The molecule has 0 bridgehead atoms. The first-order valence-electron chi connectivity index (χ1n) is 5.83. The van der Waals surface area contributed by atoms with Crippen molar-refractivity contribution in [1.29, 1.82) is 0 Å². The number of ether oxygens (including phenoxy) is 1. The van der Waals surface area contributed by atoms with E-state index in [0.29, 0.717) is 0 Å². The first kappa shape index (κ1) is 15.4. The lowest BCUT2D eigenvalue weighted by atomic mass is 10.2. The Labute approximate surface area is 115 Å². The highest BCUT2D eigenvalue weighted by molar-refractivity contribution is 6.33. The van der Waals surface area contributed by atoms with Crippen molar-refractivity contribution in [3.05, 3.63) is 34.6 Å². The van der Waals surface area contributed by atoms with Gasteiger partial charge in [-0.15, -0.1) is 0 Å². The lowest BCUT2D eigenvalue weighted by Crippen LogP contribution is -2.27. The quantitative estimate of drug-likeness (QED) is 0.847. The average molecular weight is 288 g/mol. The average Bonchev–Trinajstić information content (AvgIpc) is 2.27. The number of carbonyl (C=O) groups excluding carboxylic acids is 2. The van der Waals surface area contributed by atoms with E-state index in [1.54, 1.807) is 13.8 Å². The lowest BCUT2D eigenvalue weighted by Gasteiger charge is -2.09. The maximum atomic E-state index is 12.8. The van der Waals surface area contributed by atoms with Crippen LogP contribution in [-0.2, 0) is 9.53 Å². The normalized spacial score (nSPS) is 10.4. The Balaban J connectivity index is 2.45. The predicted molar refractivity (Wildman–Crippen MR) is 69.6 cm³/mol. The molecule has 1 rings (SSSR count). The largest absolute Gasteiger partial charge is 0.463 e. The van der Waals surface area contributed by atoms with Gasteiger partial charge in [-0.25, -0.2) is 4.39 Å². The molecule has 1 aromatic rings. The van der Waals surface area contributed by atoms with E-state index in [1.807, 2.05) is 0 Å². The van der Waals surface area contributed by atoms with Crippen molar-refractivity contribution in [2.75, 3.05) is 6.54 Å². The molecule has 0 fully saturated rings. The Morgan fingerprint density at radius 1 is 1.42 bits per heavy atom. The molecule has 0 heterocycles. The maximum absolute atomic E-state index is 12.8. The van der Waals surface area contributed by atoms with Crippen molar-refractivity contribution in [3.8, 4) is 0 Å². The standard InChI is InChI=1S/C13H15ClFNO3/c1-8(2)19-12(17)5-6-16-13(18)10-4-3-9(15)7-11(10)14/h3-4,7-8H,5-6H2,1-2H3,(H,16,18). The molecule has 1 aromatic carbocycles. The van der Waals surface area contributed by atoms with Gasteiger partial charge in [-0.3, -0.25) is 9.59 Å². The number of halogens is 2. The summed E-state index contributed by atoms with van der Waals surface area (Å²) in [5, 5.41) is 2.55. The van der Waals surface area contributed by atoms with Crippen molar-refractivity contribution in [2.24, 2.45) is 0 Å². The molecule has 0 atom stereocenters. The Morgan fingerprint density at radius 3 is 2.68 bits per heavy atom. The van der Waals surface area contributed by atoms with Gasteiger partial charge in [-0.1, -0.05) is 11.6 Å². The molecular weight excluding hydrogens is 273 g/mol. The van der Waals surface area contributed by atoms with Crippen LogP contribution in [0.1, 0.15) is 30.6 Å². The van der Waals surface area contributed by atoms with Gasteiger partial charge in [0.1, 0.15) is 5.82 Å². The van der Waals surface area contributed by atoms with Gasteiger partial charge in [-0.2, -0.15) is 0 Å². The summed E-state index contributed by atoms with van der Waals surface area (Å²) in [7, 11) is 0. The smallest absolute Gasteiger partial charge is 0.307 e. The zero-order valence-corrected chi connectivity index (χ0v) is 11.5. The fourth-order valence-corrected chi connectivity index (χ4v) is 1.62. The van der Waals surface area contributed by atoms with Gasteiger partial charge in [-0.05, 0) is 32.0 Å². The van der Waals surface area contributed by atoms with E-state index in [0.717, 1.165) is 12.1 Å². The van der Waals surface area contributed by atoms with E-state index >= 15 is 0 Å². The monoisotopic (exact) mass is 287 g/mol. The molecule has 0 spiro atoms. The first-order valence-corrected chi connectivity index (χ1v) is 6.20. The van der Waals surface area contributed by atoms with Crippen molar-refractivity contribution in [1.82, 2.24) is 5.32 Å². The number of rotatable bonds is 5. The Bertz CT molecular complexity index is 477. The van der Waals surface area contributed by atoms with Gasteiger partial charge in [0.25, 0.3) is 5.91 Å². The molecule has 0 aliphatic heterocycles. The molecule has 6 heteroatoms. The number of nitrogens with one attached hydrogen (secondary N) is 1. The van der Waals surface area contributed by atoms with Gasteiger partial charge in [0.2, 0.25) is 0 Å². The van der Waals surface area contributed by atoms with Crippen LogP contribution in [0.25, 0.3) is 0 Å². The van der Waals surface area contributed by atoms with Crippen LogP contribution in [0.3, 0.4) is 0 Å². The molecule has 0 unspecified atom stereocenters. The molecule has 1 amide bonds. The molecule has 0 aromatic heterocycles. The summed E-state index contributed by atoms with van der Waals surface area (Å²) < 4.78 is 17.7. The fraction of sp³-hybridized carbons (Fsp3) is 0.385. The summed E-state index contributed by atoms with van der Waals surface area (Å²) >= 11 is 5.74. The highest BCUT2D eigenvalue weighted by atomic mass is 35.5. The van der Waals surface area contributed by atoms with Crippen molar-refractivity contribution in [2.45, 2.75) is 26.4 Å². The van der Waals surface area contributed by atoms with Crippen LogP contribution < -0.4 is 5.32 Å². The van der Waals surface area contributed by atoms with Gasteiger partial charge < -0.3 is 10.1 Å². The van der Waals surface area contributed by atoms with E-state index in [2.05, 4.69) is 5.32 Å². The number of benzene rings is 1. The minimum Gasteiger partial charge on any atom is -0.463 e. The molecule has 19 heavy (non-hydrogen) atoms. The summed E-state index contributed by atoms with van der Waals surface area (Å²) in [4.78, 5) is 22.9. The number of carbonyl (C=O) groups is 2. The van der Waals surface area contributed by atoms with Crippen LogP contribution in [0.2, 0.25) is 5.02 Å². The van der Waals surface area contributed by atoms with E-state index < -0.39 is 11.7 Å². The van der Waals surface area contributed by atoms with Gasteiger partial charge in [0.05, 0.1) is 23.1 Å². The summed E-state index contributed by atoms with van der Waals surface area (Å²) in [6.45, 7) is 3.63. The minimum atomic E-state index is -0.512. The van der Waals surface area contributed by atoms with Crippen LogP contribution in [0.15, 0.2) is 18.2 Å². The Kier molecular flexibility index (Phi) is 5.76. The molecule has 1 N–H and O–H groups in total. The van der Waals surface area contributed by atoms with Gasteiger partial charge in [0.15, 0.2) is 0 Å². The zero-order chi connectivity index (χ0) is 14.4. The number of hydrogen-bond acceptors (Lipinski definition) is 3. The van der Waals surface area contributed by atoms with Crippen molar-refractivity contribution in [3.63, 3.8) is 0 Å². The third-order valence-electron chi connectivity index (χ3n) is 2.16. The summed E-state index contributed by atoms with van der Waals surface area (Å²) in [6, 6.07) is 3.50. The number of hydrogen-bond donors (Lipinski definition) is 1. The molecule has 104 valence electrons. The Morgan fingerprint density at radius 2 is 2.11 bits per heavy atom. The zero-order valence-electron chi connectivity index (χ0n) is 10.7. The predicted octanol–water partition coefficient (Wildman–Crippen LogP) is 2.55. The maximum Gasteiger partial charge on any atom is 0.307 e. The lowest BCUT2D eigenvalue weighted by molar-refractivity contribution is -0.147.